The van der Waals surface area contributed by atoms with Crippen molar-refractivity contribution in [2.45, 2.75) is 17.9 Å². The standard InChI is InChI=1S/C10H14N6O2S/c1-7(9-12-3-4-13-9)16-19(17,18)8-5-14-10(11-2)15-6-8/h3-7,16H,1-2H3,(H,12,13)(H,11,14,15). The first-order valence-electron chi connectivity index (χ1n) is 5.54. The van der Waals surface area contributed by atoms with E-state index in [2.05, 4.69) is 30.0 Å². The average molecular weight is 282 g/mol. The maximum atomic E-state index is 12.1. The Balaban J connectivity index is 2.17. The Morgan fingerprint density at radius 2 is 1.95 bits per heavy atom. The number of H-pyrrole nitrogens is 1. The average Bonchev–Trinajstić information content (AvgIpc) is 2.92. The van der Waals surface area contributed by atoms with E-state index in [1.807, 2.05) is 0 Å². The van der Waals surface area contributed by atoms with Gasteiger partial charge in [0.2, 0.25) is 16.0 Å². The zero-order valence-corrected chi connectivity index (χ0v) is 11.3. The van der Waals surface area contributed by atoms with Crippen LogP contribution < -0.4 is 10.0 Å². The third-order valence-electron chi connectivity index (χ3n) is 2.42. The first-order valence-corrected chi connectivity index (χ1v) is 7.02. The van der Waals surface area contributed by atoms with Gasteiger partial charge in [0, 0.05) is 19.4 Å². The number of aromatic amines is 1. The summed E-state index contributed by atoms with van der Waals surface area (Å²) in [7, 11) is -2.02. The van der Waals surface area contributed by atoms with Gasteiger partial charge in [0.05, 0.1) is 18.4 Å². The highest BCUT2D eigenvalue weighted by Gasteiger charge is 2.20. The highest BCUT2D eigenvalue weighted by Crippen LogP contribution is 2.13. The van der Waals surface area contributed by atoms with Crippen LogP contribution in [0.2, 0.25) is 0 Å². The Morgan fingerprint density at radius 3 is 2.47 bits per heavy atom. The van der Waals surface area contributed by atoms with Crippen LogP contribution in [0.1, 0.15) is 18.8 Å². The second-order valence-corrected chi connectivity index (χ2v) is 5.52. The number of rotatable bonds is 5. The van der Waals surface area contributed by atoms with E-state index in [1.54, 1.807) is 26.4 Å². The molecule has 3 N–H and O–H groups in total. The second kappa shape index (κ2) is 5.33. The number of nitrogens with zero attached hydrogens (tertiary/aromatic N) is 3. The summed E-state index contributed by atoms with van der Waals surface area (Å²) in [6.07, 6.45) is 5.68. The minimum absolute atomic E-state index is 0.00454. The maximum absolute atomic E-state index is 12.1. The van der Waals surface area contributed by atoms with E-state index < -0.39 is 16.1 Å². The van der Waals surface area contributed by atoms with E-state index in [4.69, 9.17) is 0 Å². The minimum atomic E-state index is -3.67. The van der Waals surface area contributed by atoms with Crippen LogP contribution in [0, 0.1) is 0 Å². The molecule has 0 aliphatic heterocycles. The molecule has 0 spiro atoms. The molecule has 0 saturated carbocycles. The van der Waals surface area contributed by atoms with E-state index in [0.717, 1.165) is 0 Å². The molecule has 9 heteroatoms. The van der Waals surface area contributed by atoms with Crippen molar-refractivity contribution < 1.29 is 8.42 Å². The molecular weight excluding hydrogens is 268 g/mol. The van der Waals surface area contributed by atoms with Gasteiger partial charge in [-0.15, -0.1) is 0 Å². The van der Waals surface area contributed by atoms with Crippen LogP contribution >= 0.6 is 0 Å². The summed E-state index contributed by atoms with van der Waals surface area (Å²) in [5.41, 5.74) is 0. The van der Waals surface area contributed by atoms with E-state index >= 15 is 0 Å². The molecule has 2 aromatic rings. The quantitative estimate of drug-likeness (QED) is 0.726. The first kappa shape index (κ1) is 13.4. The number of hydrogen-bond acceptors (Lipinski definition) is 6. The molecule has 8 nitrogen and oxygen atoms in total. The third kappa shape index (κ3) is 3.06. The number of nitrogens with one attached hydrogen (secondary N) is 3. The Labute approximate surface area is 110 Å². The number of imidazole rings is 1. The van der Waals surface area contributed by atoms with Crippen LogP contribution in [-0.4, -0.2) is 35.4 Å². The van der Waals surface area contributed by atoms with Gasteiger partial charge in [-0.05, 0) is 6.92 Å². The van der Waals surface area contributed by atoms with Crippen molar-refractivity contribution in [3.05, 3.63) is 30.6 Å². The van der Waals surface area contributed by atoms with Gasteiger partial charge < -0.3 is 10.3 Å². The zero-order valence-electron chi connectivity index (χ0n) is 10.5. The van der Waals surface area contributed by atoms with Crippen molar-refractivity contribution in [1.82, 2.24) is 24.7 Å². The van der Waals surface area contributed by atoms with Crippen LogP contribution in [-0.2, 0) is 10.0 Å². The monoisotopic (exact) mass is 282 g/mol. The summed E-state index contributed by atoms with van der Waals surface area (Å²) in [5, 5.41) is 2.72. The Kier molecular flexibility index (Phi) is 3.76. The fourth-order valence-corrected chi connectivity index (χ4v) is 2.55. The number of sulfonamides is 1. The molecule has 19 heavy (non-hydrogen) atoms. The Morgan fingerprint density at radius 1 is 1.26 bits per heavy atom. The zero-order chi connectivity index (χ0) is 13.9. The molecule has 2 rings (SSSR count). The van der Waals surface area contributed by atoms with Crippen LogP contribution in [0.15, 0.2) is 29.7 Å². The molecule has 102 valence electrons. The van der Waals surface area contributed by atoms with Gasteiger partial charge >= 0.3 is 0 Å². The van der Waals surface area contributed by atoms with Gasteiger partial charge in [-0.3, -0.25) is 0 Å². The number of anilines is 1. The van der Waals surface area contributed by atoms with Crippen molar-refractivity contribution in [3.8, 4) is 0 Å². The fourth-order valence-electron chi connectivity index (χ4n) is 1.45. The van der Waals surface area contributed by atoms with Crippen LogP contribution in [0.5, 0.6) is 0 Å². The van der Waals surface area contributed by atoms with Crippen LogP contribution in [0.25, 0.3) is 0 Å². The summed E-state index contributed by atoms with van der Waals surface area (Å²) < 4.78 is 26.7. The van der Waals surface area contributed by atoms with Crippen molar-refractivity contribution in [2.75, 3.05) is 12.4 Å². The molecule has 2 aromatic heterocycles. The second-order valence-electron chi connectivity index (χ2n) is 3.81. The fraction of sp³-hybridized carbons (Fsp3) is 0.300. The number of aromatic nitrogens is 4. The normalized spacial score (nSPS) is 13.2. The molecule has 2 heterocycles. The van der Waals surface area contributed by atoms with Crippen molar-refractivity contribution in [1.29, 1.82) is 0 Å². The van der Waals surface area contributed by atoms with E-state index in [9.17, 15) is 8.42 Å². The summed E-state index contributed by atoms with van der Waals surface area (Å²) in [6.45, 7) is 1.69. The van der Waals surface area contributed by atoms with Gasteiger partial charge in [-0.2, -0.15) is 0 Å². The van der Waals surface area contributed by atoms with Gasteiger partial charge in [-0.25, -0.2) is 28.1 Å². The smallest absolute Gasteiger partial charge is 0.244 e. The molecule has 1 unspecified atom stereocenters. The van der Waals surface area contributed by atoms with Gasteiger partial charge in [-0.1, -0.05) is 0 Å². The topological polar surface area (TPSA) is 113 Å². The molecule has 1 atom stereocenters. The summed E-state index contributed by atoms with van der Waals surface area (Å²) in [4.78, 5) is 14.6. The third-order valence-corrected chi connectivity index (χ3v) is 3.92. The molecule has 0 saturated heterocycles. The van der Waals surface area contributed by atoms with Gasteiger partial charge in [0.15, 0.2) is 0 Å². The van der Waals surface area contributed by atoms with E-state index in [0.29, 0.717) is 11.8 Å². The van der Waals surface area contributed by atoms with Crippen LogP contribution in [0.3, 0.4) is 0 Å². The minimum Gasteiger partial charge on any atom is -0.357 e. The SMILES string of the molecule is CNc1ncc(S(=O)(=O)NC(C)c2ncc[nH]2)cn1. The van der Waals surface area contributed by atoms with E-state index in [1.165, 1.54) is 12.4 Å². The molecule has 0 aliphatic rings. The summed E-state index contributed by atoms with van der Waals surface area (Å²) in [5.74, 6) is 0.898. The lowest BCUT2D eigenvalue weighted by atomic mass is 10.3. The van der Waals surface area contributed by atoms with E-state index in [-0.39, 0.29) is 4.90 Å². The van der Waals surface area contributed by atoms with Crippen LogP contribution in [0.4, 0.5) is 5.95 Å². The molecule has 0 amide bonds. The Hall–Kier alpha value is -2.00. The molecule has 0 bridgehead atoms. The molecule has 0 fully saturated rings. The lowest BCUT2D eigenvalue weighted by Crippen LogP contribution is -2.27. The summed E-state index contributed by atoms with van der Waals surface area (Å²) >= 11 is 0. The summed E-state index contributed by atoms with van der Waals surface area (Å²) in [6, 6.07) is -0.469. The predicted octanol–water partition coefficient (Wildman–Crippen LogP) is 0.281. The van der Waals surface area contributed by atoms with Gasteiger partial charge in [0.1, 0.15) is 10.7 Å². The molecule has 0 radical (unpaired) electrons. The van der Waals surface area contributed by atoms with Crippen molar-refractivity contribution in [2.24, 2.45) is 0 Å². The van der Waals surface area contributed by atoms with Crippen molar-refractivity contribution in [3.63, 3.8) is 0 Å². The van der Waals surface area contributed by atoms with Gasteiger partial charge in [0.25, 0.3) is 0 Å². The number of hydrogen-bond donors (Lipinski definition) is 3. The Bertz CT molecular complexity index is 623. The molecule has 0 aromatic carbocycles. The lowest BCUT2D eigenvalue weighted by molar-refractivity contribution is 0.560. The lowest BCUT2D eigenvalue weighted by Gasteiger charge is -2.11. The predicted molar refractivity (Wildman–Crippen MR) is 68.9 cm³/mol. The first-order chi connectivity index (χ1) is 9.03. The largest absolute Gasteiger partial charge is 0.357 e. The molecule has 0 aliphatic carbocycles. The maximum Gasteiger partial charge on any atom is 0.244 e. The van der Waals surface area contributed by atoms with Crippen molar-refractivity contribution >= 4 is 16.0 Å². The highest BCUT2D eigenvalue weighted by molar-refractivity contribution is 7.89. The highest BCUT2D eigenvalue weighted by atomic mass is 32.2. The molecular formula is C10H14N6O2S.